The Balaban J connectivity index is 1.43. The van der Waals surface area contributed by atoms with Crippen LogP contribution in [-0.4, -0.2) is 59.1 Å². The molecule has 1 saturated heterocycles. The molecule has 2 fully saturated rings. The zero-order chi connectivity index (χ0) is 18.4. The summed E-state index contributed by atoms with van der Waals surface area (Å²) in [5.41, 5.74) is 0.304. The van der Waals surface area contributed by atoms with Crippen LogP contribution in [0.5, 0.6) is 0 Å². The molecule has 0 radical (unpaired) electrons. The first-order valence-corrected chi connectivity index (χ1v) is 9.68. The van der Waals surface area contributed by atoms with Gasteiger partial charge in [-0.15, -0.1) is 0 Å². The second-order valence-corrected chi connectivity index (χ2v) is 7.64. The summed E-state index contributed by atoms with van der Waals surface area (Å²) in [5.74, 6) is 0.814. The molecular weight excluding hydrogens is 330 g/mol. The van der Waals surface area contributed by atoms with Crippen LogP contribution in [0.25, 0.3) is 0 Å². The van der Waals surface area contributed by atoms with Crippen molar-refractivity contribution in [2.24, 2.45) is 0 Å². The monoisotopic (exact) mass is 359 g/mol. The molecule has 1 aromatic rings. The molecule has 0 unspecified atom stereocenters. The first kappa shape index (κ1) is 18.9. The van der Waals surface area contributed by atoms with E-state index in [-0.39, 0.29) is 5.91 Å². The summed E-state index contributed by atoms with van der Waals surface area (Å²) in [5, 5.41) is 16.7. The van der Waals surface area contributed by atoms with Crippen LogP contribution < -0.4 is 5.32 Å². The van der Waals surface area contributed by atoms with Gasteiger partial charge in [-0.3, -0.25) is 14.6 Å². The van der Waals surface area contributed by atoms with Crippen molar-refractivity contribution in [2.75, 3.05) is 32.7 Å². The molecule has 1 saturated carbocycles. The fourth-order valence-electron chi connectivity index (χ4n) is 3.93. The predicted octanol–water partition coefficient (Wildman–Crippen LogP) is 1.83. The van der Waals surface area contributed by atoms with Gasteiger partial charge in [-0.05, 0) is 19.8 Å². The quantitative estimate of drug-likeness (QED) is 0.808. The van der Waals surface area contributed by atoms with Gasteiger partial charge in [-0.2, -0.15) is 5.26 Å². The minimum Gasteiger partial charge on any atom is -0.361 e. The van der Waals surface area contributed by atoms with Crippen molar-refractivity contribution in [3.05, 3.63) is 17.5 Å². The maximum Gasteiger partial charge on any atom is 0.235 e. The third-order valence-corrected chi connectivity index (χ3v) is 5.44. The third kappa shape index (κ3) is 5.05. The Hall–Kier alpha value is -1.91. The SMILES string of the molecule is Cc1cc(CN2CCN(CC(=O)NC3(C#N)CCCCCC3)CC2)no1. The number of aryl methyl sites for hydroxylation is 1. The summed E-state index contributed by atoms with van der Waals surface area (Å²) in [7, 11) is 0. The number of hydrogen-bond acceptors (Lipinski definition) is 6. The van der Waals surface area contributed by atoms with Crippen molar-refractivity contribution in [1.82, 2.24) is 20.3 Å². The first-order chi connectivity index (χ1) is 12.6. The molecule has 1 aliphatic heterocycles. The van der Waals surface area contributed by atoms with E-state index >= 15 is 0 Å². The number of hydrogen-bond donors (Lipinski definition) is 1. The molecular formula is C19H29N5O2. The highest BCUT2D eigenvalue weighted by atomic mass is 16.5. The Morgan fingerprint density at radius 2 is 1.88 bits per heavy atom. The molecule has 0 spiro atoms. The van der Waals surface area contributed by atoms with Gasteiger partial charge in [-0.25, -0.2) is 0 Å². The molecule has 1 amide bonds. The molecule has 7 nitrogen and oxygen atoms in total. The molecule has 1 N–H and O–H groups in total. The molecule has 1 aromatic heterocycles. The van der Waals surface area contributed by atoms with E-state index in [4.69, 9.17) is 4.52 Å². The second kappa shape index (κ2) is 8.65. The molecule has 1 aliphatic carbocycles. The number of nitrogens with one attached hydrogen (secondary N) is 1. The number of rotatable bonds is 5. The van der Waals surface area contributed by atoms with Gasteiger partial charge in [0.05, 0.1) is 18.3 Å². The van der Waals surface area contributed by atoms with Crippen LogP contribution in [0.3, 0.4) is 0 Å². The summed E-state index contributed by atoms with van der Waals surface area (Å²) < 4.78 is 5.11. The summed E-state index contributed by atoms with van der Waals surface area (Å²) in [6.45, 7) is 6.57. The largest absolute Gasteiger partial charge is 0.361 e. The maximum atomic E-state index is 12.5. The summed E-state index contributed by atoms with van der Waals surface area (Å²) >= 11 is 0. The normalized spacial score (nSPS) is 21.7. The van der Waals surface area contributed by atoms with Gasteiger partial charge in [0.15, 0.2) is 0 Å². The maximum absolute atomic E-state index is 12.5. The first-order valence-electron chi connectivity index (χ1n) is 9.68. The number of aromatic nitrogens is 1. The van der Waals surface area contributed by atoms with E-state index in [0.717, 1.165) is 82.7 Å². The van der Waals surface area contributed by atoms with Gasteiger partial charge in [-0.1, -0.05) is 30.8 Å². The van der Waals surface area contributed by atoms with E-state index in [0.29, 0.717) is 6.54 Å². The lowest BCUT2D eigenvalue weighted by Crippen LogP contribution is -2.53. The fraction of sp³-hybridized carbons (Fsp3) is 0.737. The third-order valence-electron chi connectivity index (χ3n) is 5.44. The minimum atomic E-state index is -0.653. The number of nitrogens with zero attached hydrogens (tertiary/aromatic N) is 4. The molecule has 3 rings (SSSR count). The van der Waals surface area contributed by atoms with E-state index < -0.39 is 5.54 Å². The van der Waals surface area contributed by atoms with Crippen LogP contribution in [0.4, 0.5) is 0 Å². The molecule has 0 aromatic carbocycles. The second-order valence-electron chi connectivity index (χ2n) is 7.64. The van der Waals surface area contributed by atoms with E-state index in [1.807, 2.05) is 13.0 Å². The smallest absolute Gasteiger partial charge is 0.235 e. The van der Waals surface area contributed by atoms with Crippen LogP contribution in [0.1, 0.15) is 50.0 Å². The van der Waals surface area contributed by atoms with Crippen molar-refractivity contribution >= 4 is 5.91 Å². The Morgan fingerprint density at radius 3 is 2.46 bits per heavy atom. The lowest BCUT2D eigenvalue weighted by molar-refractivity contribution is -0.124. The number of nitriles is 1. The molecule has 142 valence electrons. The van der Waals surface area contributed by atoms with Gasteiger partial charge in [0.1, 0.15) is 11.3 Å². The van der Waals surface area contributed by atoms with Gasteiger partial charge < -0.3 is 9.84 Å². The van der Waals surface area contributed by atoms with Crippen molar-refractivity contribution < 1.29 is 9.32 Å². The van der Waals surface area contributed by atoms with E-state index in [9.17, 15) is 10.1 Å². The van der Waals surface area contributed by atoms with Crippen LogP contribution in [0, 0.1) is 18.3 Å². The highest BCUT2D eigenvalue weighted by Gasteiger charge is 2.33. The van der Waals surface area contributed by atoms with Crippen molar-refractivity contribution in [3.63, 3.8) is 0 Å². The Labute approximate surface area is 155 Å². The molecule has 2 heterocycles. The molecule has 0 bridgehead atoms. The van der Waals surface area contributed by atoms with Crippen LogP contribution in [0.15, 0.2) is 10.6 Å². The minimum absolute atomic E-state index is 0.0194. The average molecular weight is 359 g/mol. The molecule has 26 heavy (non-hydrogen) atoms. The topological polar surface area (TPSA) is 85.4 Å². The van der Waals surface area contributed by atoms with Gasteiger partial charge in [0, 0.05) is 38.8 Å². The average Bonchev–Trinajstić information content (AvgIpc) is 2.90. The van der Waals surface area contributed by atoms with Gasteiger partial charge in [0.2, 0.25) is 5.91 Å². The fourth-order valence-corrected chi connectivity index (χ4v) is 3.93. The molecule has 0 atom stereocenters. The summed E-state index contributed by atoms with van der Waals surface area (Å²) in [6, 6.07) is 4.35. The van der Waals surface area contributed by atoms with Crippen molar-refractivity contribution in [3.8, 4) is 6.07 Å². The zero-order valence-corrected chi connectivity index (χ0v) is 15.7. The highest BCUT2D eigenvalue weighted by molar-refractivity contribution is 5.79. The van der Waals surface area contributed by atoms with Gasteiger partial charge in [0.25, 0.3) is 0 Å². The highest BCUT2D eigenvalue weighted by Crippen LogP contribution is 2.26. The number of amides is 1. The number of carbonyl (C=O) groups is 1. The summed E-state index contributed by atoms with van der Waals surface area (Å²) in [6.07, 6.45) is 5.92. The Morgan fingerprint density at radius 1 is 1.23 bits per heavy atom. The van der Waals surface area contributed by atoms with E-state index in [2.05, 4.69) is 26.3 Å². The van der Waals surface area contributed by atoms with Crippen molar-refractivity contribution in [2.45, 2.75) is 57.5 Å². The molecule has 2 aliphatic rings. The van der Waals surface area contributed by atoms with Crippen LogP contribution >= 0.6 is 0 Å². The summed E-state index contributed by atoms with van der Waals surface area (Å²) in [4.78, 5) is 17.0. The Kier molecular flexibility index (Phi) is 6.28. The Bertz CT molecular complexity index is 635. The van der Waals surface area contributed by atoms with E-state index in [1.165, 1.54) is 0 Å². The lowest BCUT2D eigenvalue weighted by atomic mass is 9.92. The van der Waals surface area contributed by atoms with Crippen LogP contribution in [-0.2, 0) is 11.3 Å². The van der Waals surface area contributed by atoms with Crippen LogP contribution in [0.2, 0.25) is 0 Å². The van der Waals surface area contributed by atoms with E-state index in [1.54, 1.807) is 0 Å². The van der Waals surface area contributed by atoms with Gasteiger partial charge >= 0.3 is 0 Å². The molecule has 7 heteroatoms. The lowest BCUT2D eigenvalue weighted by Gasteiger charge is -2.34. The number of piperazine rings is 1. The predicted molar refractivity (Wildman–Crippen MR) is 97.1 cm³/mol. The number of carbonyl (C=O) groups excluding carboxylic acids is 1. The zero-order valence-electron chi connectivity index (χ0n) is 15.7. The van der Waals surface area contributed by atoms with Crippen molar-refractivity contribution in [1.29, 1.82) is 5.26 Å². The standard InChI is InChI=1S/C19H29N5O2/c1-16-12-17(22-26-16)13-23-8-10-24(11-9-23)14-18(25)21-19(15-20)6-4-2-3-5-7-19/h12H,2-11,13-14H2,1H3,(H,21,25).